The molecule has 0 bridgehead atoms. The highest BCUT2D eigenvalue weighted by atomic mass is 16.5. The van der Waals surface area contributed by atoms with Gasteiger partial charge in [0.05, 0.1) is 12.6 Å². The molecule has 1 aromatic heterocycles. The second kappa shape index (κ2) is 5.51. The molecule has 1 unspecified atom stereocenters. The van der Waals surface area contributed by atoms with Crippen molar-refractivity contribution in [3.63, 3.8) is 0 Å². The van der Waals surface area contributed by atoms with Gasteiger partial charge < -0.3 is 19.9 Å². The van der Waals surface area contributed by atoms with Crippen molar-refractivity contribution in [2.75, 3.05) is 31.7 Å². The molecule has 0 saturated carbocycles. The zero-order valence-electron chi connectivity index (χ0n) is 10.7. The largest absolute Gasteiger partial charge is 0.383 e. The van der Waals surface area contributed by atoms with E-state index in [1.54, 1.807) is 7.11 Å². The van der Waals surface area contributed by atoms with Gasteiger partial charge in [0.2, 0.25) is 5.95 Å². The Bertz CT molecular complexity index is 344. The van der Waals surface area contributed by atoms with Crippen molar-refractivity contribution in [2.45, 2.75) is 31.8 Å². The van der Waals surface area contributed by atoms with Crippen LogP contribution < -0.4 is 10.6 Å². The van der Waals surface area contributed by atoms with E-state index in [2.05, 4.69) is 21.4 Å². The Balaban J connectivity index is 2.08. The summed E-state index contributed by atoms with van der Waals surface area (Å²) < 4.78 is 7.38. The lowest BCUT2D eigenvalue weighted by Gasteiger charge is -2.32. The summed E-state index contributed by atoms with van der Waals surface area (Å²) in [4.78, 5) is 6.78. The normalized spacial score (nSPS) is 19.6. The van der Waals surface area contributed by atoms with Crippen molar-refractivity contribution in [1.29, 1.82) is 0 Å². The molecule has 1 aromatic rings. The molecule has 2 N–H and O–H groups in total. The van der Waals surface area contributed by atoms with Crippen molar-refractivity contribution >= 4 is 5.95 Å². The maximum atomic E-state index is 5.92. The monoisotopic (exact) mass is 238 g/mol. The predicted octanol–water partition coefficient (Wildman–Crippen LogP) is 1.02. The summed E-state index contributed by atoms with van der Waals surface area (Å²) in [5.41, 5.74) is 5.92. The number of nitrogens with two attached hydrogens (primary N) is 1. The first-order valence-corrected chi connectivity index (χ1v) is 6.24. The number of aromatic nitrogens is 2. The van der Waals surface area contributed by atoms with E-state index >= 15 is 0 Å². The van der Waals surface area contributed by atoms with Crippen molar-refractivity contribution in [2.24, 2.45) is 5.73 Å². The number of nitrogens with zero attached hydrogens (tertiary/aromatic N) is 3. The van der Waals surface area contributed by atoms with Crippen LogP contribution >= 0.6 is 0 Å². The Labute approximate surface area is 103 Å². The van der Waals surface area contributed by atoms with Gasteiger partial charge >= 0.3 is 0 Å². The van der Waals surface area contributed by atoms with Gasteiger partial charge in [-0.1, -0.05) is 0 Å². The zero-order chi connectivity index (χ0) is 12.3. The van der Waals surface area contributed by atoms with E-state index in [1.165, 1.54) is 0 Å². The molecular weight excluding hydrogens is 216 g/mol. The second-order valence-electron chi connectivity index (χ2n) is 4.76. The van der Waals surface area contributed by atoms with Crippen molar-refractivity contribution in [3.8, 4) is 0 Å². The van der Waals surface area contributed by atoms with E-state index in [0.29, 0.717) is 18.7 Å². The Morgan fingerprint density at radius 3 is 2.88 bits per heavy atom. The summed E-state index contributed by atoms with van der Waals surface area (Å²) >= 11 is 0. The molecule has 96 valence electrons. The minimum atomic E-state index is 0.313. The van der Waals surface area contributed by atoms with Gasteiger partial charge in [-0.15, -0.1) is 0 Å². The number of rotatable bonds is 4. The van der Waals surface area contributed by atoms with E-state index in [-0.39, 0.29) is 0 Å². The molecule has 1 aliphatic rings. The van der Waals surface area contributed by atoms with Gasteiger partial charge in [0.25, 0.3) is 0 Å². The van der Waals surface area contributed by atoms with Gasteiger partial charge in [0.1, 0.15) is 0 Å². The van der Waals surface area contributed by atoms with Crippen LogP contribution in [0.3, 0.4) is 0 Å². The topological polar surface area (TPSA) is 56.3 Å². The SMILES string of the molecule is COCC(C)n1ccnc1N1CCC(N)CC1. The molecule has 1 atom stereocenters. The van der Waals surface area contributed by atoms with E-state index in [1.807, 2.05) is 12.4 Å². The highest BCUT2D eigenvalue weighted by molar-refractivity contribution is 5.32. The lowest BCUT2D eigenvalue weighted by Crippen LogP contribution is -2.41. The van der Waals surface area contributed by atoms with Crippen molar-refractivity contribution in [1.82, 2.24) is 9.55 Å². The molecule has 0 spiro atoms. The first kappa shape index (κ1) is 12.4. The van der Waals surface area contributed by atoms with Crippen LogP contribution in [0.4, 0.5) is 5.95 Å². The molecule has 0 radical (unpaired) electrons. The number of hydrogen-bond acceptors (Lipinski definition) is 4. The molecule has 2 heterocycles. The average molecular weight is 238 g/mol. The maximum Gasteiger partial charge on any atom is 0.205 e. The number of piperidine rings is 1. The lowest BCUT2D eigenvalue weighted by atomic mass is 10.1. The third-order valence-electron chi connectivity index (χ3n) is 3.35. The summed E-state index contributed by atoms with van der Waals surface area (Å²) in [6.45, 7) is 4.84. The predicted molar refractivity (Wildman–Crippen MR) is 68.2 cm³/mol. The number of methoxy groups -OCH3 is 1. The van der Waals surface area contributed by atoms with E-state index in [4.69, 9.17) is 10.5 Å². The molecule has 0 aliphatic carbocycles. The fourth-order valence-electron chi connectivity index (χ4n) is 2.32. The summed E-state index contributed by atoms with van der Waals surface area (Å²) in [5, 5.41) is 0. The number of imidazole rings is 1. The molecule has 1 saturated heterocycles. The fraction of sp³-hybridized carbons (Fsp3) is 0.750. The molecular formula is C12H22N4O. The molecule has 5 heteroatoms. The third kappa shape index (κ3) is 2.79. The summed E-state index contributed by atoms with van der Waals surface area (Å²) in [7, 11) is 1.73. The van der Waals surface area contributed by atoms with Gasteiger partial charge in [-0.3, -0.25) is 0 Å². The van der Waals surface area contributed by atoms with Gasteiger partial charge in [-0.05, 0) is 19.8 Å². The maximum absolute atomic E-state index is 5.92. The van der Waals surface area contributed by atoms with E-state index < -0.39 is 0 Å². The minimum Gasteiger partial charge on any atom is -0.383 e. The first-order valence-electron chi connectivity index (χ1n) is 6.24. The van der Waals surface area contributed by atoms with Crippen LogP contribution in [0, 0.1) is 0 Å². The molecule has 2 rings (SSSR count). The Morgan fingerprint density at radius 2 is 2.24 bits per heavy atom. The van der Waals surface area contributed by atoms with Crippen LogP contribution in [0.5, 0.6) is 0 Å². The van der Waals surface area contributed by atoms with Crippen LogP contribution in [0.2, 0.25) is 0 Å². The van der Waals surface area contributed by atoms with E-state index in [0.717, 1.165) is 31.9 Å². The van der Waals surface area contributed by atoms with Crippen LogP contribution in [0.15, 0.2) is 12.4 Å². The Morgan fingerprint density at radius 1 is 1.53 bits per heavy atom. The van der Waals surface area contributed by atoms with Crippen LogP contribution in [0.25, 0.3) is 0 Å². The molecule has 0 aromatic carbocycles. The first-order chi connectivity index (χ1) is 8.22. The Hall–Kier alpha value is -1.07. The molecule has 1 fully saturated rings. The van der Waals surface area contributed by atoms with Crippen LogP contribution in [0.1, 0.15) is 25.8 Å². The second-order valence-corrected chi connectivity index (χ2v) is 4.76. The number of ether oxygens (including phenoxy) is 1. The average Bonchev–Trinajstić information content (AvgIpc) is 2.79. The molecule has 0 amide bonds. The quantitative estimate of drug-likeness (QED) is 0.851. The molecule has 1 aliphatic heterocycles. The van der Waals surface area contributed by atoms with Gasteiger partial charge in [0.15, 0.2) is 0 Å². The smallest absolute Gasteiger partial charge is 0.205 e. The van der Waals surface area contributed by atoms with Gasteiger partial charge in [0, 0.05) is 38.6 Å². The number of anilines is 1. The highest BCUT2D eigenvalue weighted by Gasteiger charge is 2.21. The summed E-state index contributed by atoms with van der Waals surface area (Å²) in [6, 6.07) is 0.666. The Kier molecular flexibility index (Phi) is 4.02. The standard InChI is InChI=1S/C12H22N4O/c1-10(9-17-2)16-8-5-14-12(16)15-6-3-11(13)4-7-15/h5,8,10-11H,3-4,6-7,9,13H2,1-2H3. The van der Waals surface area contributed by atoms with Crippen molar-refractivity contribution in [3.05, 3.63) is 12.4 Å². The molecule has 17 heavy (non-hydrogen) atoms. The zero-order valence-corrected chi connectivity index (χ0v) is 10.7. The van der Waals surface area contributed by atoms with Gasteiger partial charge in [-0.25, -0.2) is 4.98 Å². The summed E-state index contributed by atoms with van der Waals surface area (Å²) in [5.74, 6) is 1.04. The van der Waals surface area contributed by atoms with Crippen LogP contribution in [-0.4, -0.2) is 42.4 Å². The third-order valence-corrected chi connectivity index (χ3v) is 3.35. The van der Waals surface area contributed by atoms with Gasteiger partial charge in [-0.2, -0.15) is 0 Å². The van der Waals surface area contributed by atoms with E-state index in [9.17, 15) is 0 Å². The highest BCUT2D eigenvalue weighted by Crippen LogP contribution is 2.21. The fourth-order valence-corrected chi connectivity index (χ4v) is 2.32. The molecule has 5 nitrogen and oxygen atoms in total. The minimum absolute atomic E-state index is 0.313. The van der Waals surface area contributed by atoms with Crippen LogP contribution in [-0.2, 0) is 4.74 Å². The lowest BCUT2D eigenvalue weighted by molar-refractivity contribution is 0.162. The number of hydrogen-bond donors (Lipinski definition) is 1. The summed E-state index contributed by atoms with van der Waals surface area (Å²) in [6.07, 6.45) is 5.97. The van der Waals surface area contributed by atoms with Crippen molar-refractivity contribution < 1.29 is 4.74 Å².